The second kappa shape index (κ2) is 3.91. The number of nitrogens with two attached hydrogens (primary N) is 1. The predicted octanol–water partition coefficient (Wildman–Crippen LogP) is 2.36. The van der Waals surface area contributed by atoms with E-state index in [4.69, 9.17) is 28.9 Å². The van der Waals surface area contributed by atoms with Crippen molar-refractivity contribution in [3.05, 3.63) is 37.9 Å². The Labute approximate surface area is 84.4 Å². The van der Waals surface area contributed by atoms with Gasteiger partial charge in [0.1, 0.15) is 5.02 Å². The first-order chi connectivity index (χ1) is 6.06. The SMILES string of the molecule is NCc1cc(Cl)cc(Cl)c1[N+](=O)[O-]. The van der Waals surface area contributed by atoms with Gasteiger partial charge < -0.3 is 5.73 Å². The topological polar surface area (TPSA) is 69.2 Å². The highest BCUT2D eigenvalue weighted by Crippen LogP contribution is 2.31. The van der Waals surface area contributed by atoms with Gasteiger partial charge in [-0.15, -0.1) is 0 Å². The summed E-state index contributed by atoms with van der Waals surface area (Å²) in [4.78, 5) is 9.97. The zero-order valence-electron chi connectivity index (χ0n) is 6.46. The first-order valence-electron chi connectivity index (χ1n) is 3.38. The summed E-state index contributed by atoms with van der Waals surface area (Å²) < 4.78 is 0. The molecule has 0 amide bonds. The van der Waals surface area contributed by atoms with Gasteiger partial charge in [0.2, 0.25) is 0 Å². The number of rotatable bonds is 2. The fraction of sp³-hybridized carbons (Fsp3) is 0.143. The fourth-order valence-corrected chi connectivity index (χ4v) is 1.58. The molecule has 0 aliphatic heterocycles. The van der Waals surface area contributed by atoms with Gasteiger partial charge in [-0.3, -0.25) is 10.1 Å². The second-order valence-corrected chi connectivity index (χ2v) is 3.20. The zero-order chi connectivity index (χ0) is 10.0. The molecular weight excluding hydrogens is 215 g/mol. The van der Waals surface area contributed by atoms with E-state index in [-0.39, 0.29) is 17.3 Å². The highest BCUT2D eigenvalue weighted by molar-refractivity contribution is 6.36. The minimum absolute atomic E-state index is 0.0120. The molecule has 2 N–H and O–H groups in total. The largest absolute Gasteiger partial charge is 0.326 e. The van der Waals surface area contributed by atoms with E-state index in [1.165, 1.54) is 12.1 Å². The predicted molar refractivity (Wildman–Crippen MR) is 51.0 cm³/mol. The van der Waals surface area contributed by atoms with E-state index in [1.54, 1.807) is 0 Å². The van der Waals surface area contributed by atoms with Gasteiger partial charge in [-0.05, 0) is 12.1 Å². The molecule has 4 nitrogen and oxygen atoms in total. The summed E-state index contributed by atoms with van der Waals surface area (Å²) in [5.74, 6) is 0. The van der Waals surface area contributed by atoms with Crippen LogP contribution in [-0.2, 0) is 6.54 Å². The molecule has 0 radical (unpaired) electrons. The van der Waals surface area contributed by atoms with Crippen molar-refractivity contribution in [3.63, 3.8) is 0 Å². The smallest absolute Gasteiger partial charge is 0.292 e. The third-order valence-electron chi connectivity index (χ3n) is 1.51. The average molecular weight is 221 g/mol. The maximum atomic E-state index is 10.5. The average Bonchev–Trinajstić information content (AvgIpc) is 2.01. The van der Waals surface area contributed by atoms with Gasteiger partial charge in [-0.25, -0.2) is 0 Å². The van der Waals surface area contributed by atoms with E-state index in [9.17, 15) is 10.1 Å². The lowest BCUT2D eigenvalue weighted by molar-refractivity contribution is -0.385. The number of benzene rings is 1. The van der Waals surface area contributed by atoms with Crippen LogP contribution in [0, 0.1) is 10.1 Å². The Morgan fingerprint density at radius 3 is 2.54 bits per heavy atom. The Kier molecular flexibility index (Phi) is 3.08. The number of nitro benzene ring substituents is 1. The van der Waals surface area contributed by atoms with Gasteiger partial charge >= 0.3 is 0 Å². The molecule has 6 heteroatoms. The Morgan fingerprint density at radius 2 is 2.08 bits per heavy atom. The Bertz CT molecular complexity index is 355. The molecule has 0 saturated carbocycles. The van der Waals surface area contributed by atoms with E-state index in [0.717, 1.165) is 0 Å². The normalized spacial score (nSPS) is 10.1. The number of nitro groups is 1. The third-order valence-corrected chi connectivity index (χ3v) is 2.02. The number of hydrogen-bond donors (Lipinski definition) is 1. The van der Waals surface area contributed by atoms with Crippen molar-refractivity contribution in [2.75, 3.05) is 0 Å². The molecule has 0 unspecified atom stereocenters. The standard InChI is InChI=1S/C7H6Cl2N2O2/c8-5-1-4(3-10)7(11(12)13)6(9)2-5/h1-2H,3,10H2. The molecule has 70 valence electrons. The van der Waals surface area contributed by atoms with Crippen molar-refractivity contribution in [2.45, 2.75) is 6.54 Å². The molecule has 1 rings (SSSR count). The van der Waals surface area contributed by atoms with Crippen molar-refractivity contribution < 1.29 is 4.92 Å². The number of nitrogens with zero attached hydrogens (tertiary/aromatic N) is 1. The third kappa shape index (κ3) is 2.09. The molecule has 0 aliphatic rings. The summed E-state index contributed by atoms with van der Waals surface area (Å²) in [6.07, 6.45) is 0. The lowest BCUT2D eigenvalue weighted by Gasteiger charge is -2.02. The van der Waals surface area contributed by atoms with Crippen LogP contribution >= 0.6 is 23.2 Å². The lowest BCUT2D eigenvalue weighted by Crippen LogP contribution is -2.02. The molecule has 0 heterocycles. The van der Waals surface area contributed by atoms with Gasteiger partial charge in [-0.2, -0.15) is 0 Å². The van der Waals surface area contributed by atoms with Gasteiger partial charge in [0.15, 0.2) is 0 Å². The highest BCUT2D eigenvalue weighted by Gasteiger charge is 2.18. The summed E-state index contributed by atoms with van der Waals surface area (Å²) in [5, 5.41) is 10.9. The molecule has 0 fully saturated rings. The lowest BCUT2D eigenvalue weighted by atomic mass is 10.2. The summed E-state index contributed by atoms with van der Waals surface area (Å²) in [6, 6.07) is 2.76. The van der Waals surface area contributed by atoms with E-state index in [1.807, 2.05) is 0 Å². The first-order valence-corrected chi connectivity index (χ1v) is 4.14. The van der Waals surface area contributed by atoms with Crippen LogP contribution < -0.4 is 5.73 Å². The van der Waals surface area contributed by atoms with E-state index in [0.29, 0.717) is 10.6 Å². The zero-order valence-corrected chi connectivity index (χ0v) is 7.97. The fourth-order valence-electron chi connectivity index (χ4n) is 0.979. The van der Waals surface area contributed by atoms with Crippen LogP contribution in [0.15, 0.2) is 12.1 Å². The van der Waals surface area contributed by atoms with Gasteiger partial charge in [0, 0.05) is 17.1 Å². The Morgan fingerprint density at radius 1 is 1.46 bits per heavy atom. The van der Waals surface area contributed by atoms with Gasteiger partial charge in [0.25, 0.3) is 5.69 Å². The summed E-state index contributed by atoms with van der Waals surface area (Å²) in [7, 11) is 0. The molecule has 0 atom stereocenters. The molecule has 0 aromatic heterocycles. The molecule has 0 spiro atoms. The maximum absolute atomic E-state index is 10.5. The molecular formula is C7H6Cl2N2O2. The van der Waals surface area contributed by atoms with Crippen LogP contribution in [0.5, 0.6) is 0 Å². The van der Waals surface area contributed by atoms with Crippen molar-refractivity contribution in [1.82, 2.24) is 0 Å². The van der Waals surface area contributed by atoms with E-state index in [2.05, 4.69) is 0 Å². The minimum Gasteiger partial charge on any atom is -0.326 e. The summed E-state index contributed by atoms with van der Waals surface area (Å²) in [6.45, 7) is 0.0383. The van der Waals surface area contributed by atoms with Crippen molar-refractivity contribution in [2.24, 2.45) is 5.73 Å². The molecule has 0 bridgehead atoms. The summed E-state index contributed by atoms with van der Waals surface area (Å²) in [5.41, 5.74) is 5.47. The minimum atomic E-state index is -0.569. The summed E-state index contributed by atoms with van der Waals surface area (Å²) >= 11 is 11.3. The van der Waals surface area contributed by atoms with Crippen LogP contribution in [-0.4, -0.2) is 4.92 Å². The van der Waals surface area contributed by atoms with Gasteiger partial charge in [0.05, 0.1) is 4.92 Å². The van der Waals surface area contributed by atoms with Gasteiger partial charge in [-0.1, -0.05) is 23.2 Å². The first kappa shape index (κ1) is 10.2. The van der Waals surface area contributed by atoms with Crippen molar-refractivity contribution in [3.8, 4) is 0 Å². The van der Waals surface area contributed by atoms with Crippen molar-refractivity contribution >= 4 is 28.9 Å². The molecule has 1 aromatic carbocycles. The molecule has 0 aliphatic carbocycles. The monoisotopic (exact) mass is 220 g/mol. The van der Waals surface area contributed by atoms with E-state index < -0.39 is 4.92 Å². The van der Waals surface area contributed by atoms with Crippen LogP contribution in [0.25, 0.3) is 0 Å². The number of hydrogen-bond acceptors (Lipinski definition) is 3. The number of halogens is 2. The highest BCUT2D eigenvalue weighted by atomic mass is 35.5. The van der Waals surface area contributed by atoms with Crippen molar-refractivity contribution in [1.29, 1.82) is 0 Å². The van der Waals surface area contributed by atoms with Crippen LogP contribution in [0.4, 0.5) is 5.69 Å². The quantitative estimate of drug-likeness (QED) is 0.615. The molecule has 0 saturated heterocycles. The van der Waals surface area contributed by atoms with Crippen LogP contribution in [0.3, 0.4) is 0 Å². The molecule has 13 heavy (non-hydrogen) atoms. The second-order valence-electron chi connectivity index (χ2n) is 2.36. The Balaban J connectivity index is 3.38. The maximum Gasteiger partial charge on any atom is 0.292 e. The van der Waals surface area contributed by atoms with E-state index >= 15 is 0 Å². The molecule has 1 aromatic rings. The Hall–Kier alpha value is -0.840. The van der Waals surface area contributed by atoms with Crippen LogP contribution in [0.1, 0.15) is 5.56 Å². The van der Waals surface area contributed by atoms with Crippen LogP contribution in [0.2, 0.25) is 10.0 Å².